The summed E-state index contributed by atoms with van der Waals surface area (Å²) in [6, 6.07) is 8.01. The summed E-state index contributed by atoms with van der Waals surface area (Å²) < 4.78 is 0. The van der Waals surface area contributed by atoms with Gasteiger partial charge in [0.25, 0.3) is 0 Å². The maximum Gasteiger partial charge on any atom is 0.227 e. The van der Waals surface area contributed by atoms with Crippen LogP contribution in [0.25, 0.3) is 0 Å². The number of nitrogens with one attached hydrogen (secondary N) is 1. The first-order chi connectivity index (χ1) is 11.5. The lowest BCUT2D eigenvalue weighted by Crippen LogP contribution is -2.37. The highest BCUT2D eigenvalue weighted by Gasteiger charge is 2.36. The van der Waals surface area contributed by atoms with E-state index in [1.54, 1.807) is 4.90 Å². The molecular weight excluding hydrogens is 302 g/mol. The molecule has 0 spiro atoms. The molecule has 0 saturated carbocycles. The zero-order valence-electron chi connectivity index (χ0n) is 14.9. The number of benzene rings is 1. The number of carbonyl (C=O) groups is 2. The summed E-state index contributed by atoms with van der Waals surface area (Å²) in [6.07, 6.45) is 1.29. The van der Waals surface area contributed by atoms with Crippen molar-refractivity contribution in [3.63, 3.8) is 0 Å². The Morgan fingerprint density at radius 2 is 2.08 bits per heavy atom. The minimum atomic E-state index is -0.285. The summed E-state index contributed by atoms with van der Waals surface area (Å²) in [5.74, 6) is 0.318. The fourth-order valence-electron chi connectivity index (χ4n) is 2.99. The third-order valence-corrected chi connectivity index (χ3v) is 4.89. The number of nitrogens with zero attached hydrogens (tertiary/aromatic N) is 1. The average molecular weight is 331 g/mol. The Kier molecular flexibility index (Phi) is 6.37. The van der Waals surface area contributed by atoms with Gasteiger partial charge in [0.2, 0.25) is 11.8 Å². The summed E-state index contributed by atoms with van der Waals surface area (Å²) in [5, 5.41) is 2.92. The lowest BCUT2D eigenvalue weighted by molar-refractivity contribution is -0.126. The van der Waals surface area contributed by atoms with Crippen molar-refractivity contribution in [2.45, 2.75) is 39.5 Å². The number of rotatable bonds is 7. The van der Waals surface area contributed by atoms with E-state index in [-0.39, 0.29) is 30.1 Å². The second-order valence-electron chi connectivity index (χ2n) is 6.86. The Hall–Kier alpha value is -1.88. The predicted molar refractivity (Wildman–Crippen MR) is 96.8 cm³/mol. The third kappa shape index (κ3) is 4.15. The van der Waals surface area contributed by atoms with E-state index in [2.05, 4.69) is 25.2 Å². The second-order valence-corrected chi connectivity index (χ2v) is 6.86. The van der Waals surface area contributed by atoms with Gasteiger partial charge in [0.05, 0.1) is 5.92 Å². The first kappa shape index (κ1) is 18.5. The fourth-order valence-corrected chi connectivity index (χ4v) is 2.99. The van der Waals surface area contributed by atoms with Crippen LogP contribution in [0.1, 0.15) is 45.1 Å². The van der Waals surface area contributed by atoms with E-state index < -0.39 is 0 Å². The maximum absolute atomic E-state index is 12.5. The molecule has 2 rings (SSSR count). The molecule has 1 aliphatic heterocycles. The number of amides is 2. The molecule has 1 aromatic rings. The Bertz CT molecular complexity index is 588. The molecule has 0 bridgehead atoms. The molecule has 24 heavy (non-hydrogen) atoms. The van der Waals surface area contributed by atoms with E-state index in [1.807, 2.05) is 25.1 Å². The van der Waals surface area contributed by atoms with Gasteiger partial charge in [-0.05, 0) is 36.4 Å². The van der Waals surface area contributed by atoms with Gasteiger partial charge in [0.15, 0.2) is 0 Å². The van der Waals surface area contributed by atoms with Crippen LogP contribution < -0.4 is 16.0 Å². The lowest BCUT2D eigenvalue weighted by atomic mass is 9.96. The molecule has 0 radical (unpaired) electrons. The molecule has 1 aliphatic rings. The van der Waals surface area contributed by atoms with Crippen LogP contribution in [0.5, 0.6) is 0 Å². The zero-order valence-corrected chi connectivity index (χ0v) is 14.9. The van der Waals surface area contributed by atoms with Crippen molar-refractivity contribution in [3.05, 3.63) is 29.8 Å². The number of carbonyl (C=O) groups excluding carboxylic acids is 2. The van der Waals surface area contributed by atoms with E-state index in [0.29, 0.717) is 25.6 Å². The van der Waals surface area contributed by atoms with E-state index >= 15 is 0 Å². The van der Waals surface area contributed by atoms with Gasteiger partial charge in [-0.3, -0.25) is 9.59 Å². The molecule has 0 aromatic heterocycles. The molecule has 1 fully saturated rings. The van der Waals surface area contributed by atoms with Gasteiger partial charge in [0.1, 0.15) is 0 Å². The van der Waals surface area contributed by atoms with Crippen molar-refractivity contribution in [1.82, 2.24) is 5.32 Å². The van der Waals surface area contributed by atoms with Crippen molar-refractivity contribution in [2.24, 2.45) is 17.6 Å². The van der Waals surface area contributed by atoms with E-state index in [9.17, 15) is 9.59 Å². The van der Waals surface area contributed by atoms with Crippen LogP contribution in [0.15, 0.2) is 24.3 Å². The van der Waals surface area contributed by atoms with Crippen LogP contribution in [-0.2, 0) is 9.59 Å². The van der Waals surface area contributed by atoms with Crippen LogP contribution in [-0.4, -0.2) is 31.4 Å². The molecule has 5 nitrogen and oxygen atoms in total. The zero-order chi connectivity index (χ0) is 17.7. The van der Waals surface area contributed by atoms with Crippen LogP contribution in [0.2, 0.25) is 0 Å². The number of hydrogen-bond donors (Lipinski definition) is 2. The molecule has 2 amide bonds. The van der Waals surface area contributed by atoms with Crippen LogP contribution in [0.4, 0.5) is 5.69 Å². The Balaban J connectivity index is 2.09. The van der Waals surface area contributed by atoms with E-state index in [0.717, 1.165) is 12.1 Å². The van der Waals surface area contributed by atoms with Crippen molar-refractivity contribution in [1.29, 1.82) is 0 Å². The molecule has 3 unspecified atom stereocenters. The SMILES string of the molecule is CCC(C)c1ccccc1N1CC(C(=O)NCC(C)CN)CC1=O. The summed E-state index contributed by atoms with van der Waals surface area (Å²) in [6.45, 7) is 7.85. The highest BCUT2D eigenvalue weighted by molar-refractivity contribution is 6.00. The maximum atomic E-state index is 12.5. The van der Waals surface area contributed by atoms with Crippen molar-refractivity contribution < 1.29 is 9.59 Å². The van der Waals surface area contributed by atoms with Gasteiger partial charge < -0.3 is 16.0 Å². The lowest BCUT2D eigenvalue weighted by Gasteiger charge is -2.23. The van der Waals surface area contributed by atoms with Crippen LogP contribution >= 0.6 is 0 Å². The minimum absolute atomic E-state index is 0.0257. The van der Waals surface area contributed by atoms with Crippen molar-refractivity contribution >= 4 is 17.5 Å². The van der Waals surface area contributed by atoms with Crippen LogP contribution in [0, 0.1) is 11.8 Å². The first-order valence-electron chi connectivity index (χ1n) is 8.84. The van der Waals surface area contributed by atoms with Crippen molar-refractivity contribution in [3.8, 4) is 0 Å². The number of hydrogen-bond acceptors (Lipinski definition) is 3. The Labute approximate surface area is 144 Å². The molecular formula is C19H29N3O2. The summed E-state index contributed by atoms with van der Waals surface area (Å²) >= 11 is 0. The van der Waals surface area contributed by atoms with Crippen LogP contribution in [0.3, 0.4) is 0 Å². The third-order valence-electron chi connectivity index (χ3n) is 4.89. The summed E-state index contributed by atoms with van der Waals surface area (Å²) in [7, 11) is 0. The molecule has 5 heteroatoms. The monoisotopic (exact) mass is 331 g/mol. The number of para-hydroxylation sites is 1. The Morgan fingerprint density at radius 1 is 1.38 bits per heavy atom. The van der Waals surface area contributed by atoms with Crippen molar-refractivity contribution in [2.75, 3.05) is 24.5 Å². The molecule has 0 aliphatic carbocycles. The van der Waals surface area contributed by atoms with E-state index in [1.165, 1.54) is 5.56 Å². The van der Waals surface area contributed by atoms with Gasteiger partial charge >= 0.3 is 0 Å². The number of nitrogens with two attached hydrogens (primary N) is 1. The van der Waals surface area contributed by atoms with Gasteiger partial charge in [-0.2, -0.15) is 0 Å². The van der Waals surface area contributed by atoms with Gasteiger partial charge in [0, 0.05) is 25.2 Å². The fraction of sp³-hybridized carbons (Fsp3) is 0.579. The normalized spacial score (nSPS) is 20.1. The standard InChI is InChI=1S/C19H29N3O2/c1-4-14(3)16-7-5-6-8-17(16)22-12-15(9-18(22)23)19(24)21-11-13(2)10-20/h5-8,13-15H,4,9-12,20H2,1-3H3,(H,21,24). The largest absolute Gasteiger partial charge is 0.355 e. The molecule has 1 aromatic carbocycles. The minimum Gasteiger partial charge on any atom is -0.355 e. The second kappa shape index (κ2) is 8.29. The number of anilines is 1. The van der Waals surface area contributed by atoms with Gasteiger partial charge in [-0.15, -0.1) is 0 Å². The average Bonchev–Trinajstić information content (AvgIpc) is 3.00. The molecule has 1 saturated heterocycles. The molecule has 132 valence electrons. The summed E-state index contributed by atoms with van der Waals surface area (Å²) in [5.41, 5.74) is 7.70. The van der Waals surface area contributed by atoms with Gasteiger partial charge in [-0.25, -0.2) is 0 Å². The Morgan fingerprint density at radius 3 is 2.75 bits per heavy atom. The highest BCUT2D eigenvalue weighted by atomic mass is 16.2. The molecule has 1 heterocycles. The highest BCUT2D eigenvalue weighted by Crippen LogP contribution is 2.33. The van der Waals surface area contributed by atoms with Gasteiger partial charge in [-0.1, -0.05) is 39.0 Å². The first-order valence-corrected chi connectivity index (χ1v) is 8.84. The summed E-state index contributed by atoms with van der Waals surface area (Å²) in [4.78, 5) is 26.6. The van der Waals surface area contributed by atoms with E-state index in [4.69, 9.17) is 5.73 Å². The topological polar surface area (TPSA) is 75.4 Å². The quantitative estimate of drug-likeness (QED) is 0.805. The molecule has 3 N–H and O–H groups in total. The predicted octanol–water partition coefficient (Wildman–Crippen LogP) is 2.26. The molecule has 3 atom stereocenters. The smallest absolute Gasteiger partial charge is 0.227 e.